The van der Waals surface area contributed by atoms with E-state index in [0.717, 1.165) is 0 Å². The van der Waals surface area contributed by atoms with Crippen LogP contribution in [0.4, 0.5) is 5.82 Å². The van der Waals surface area contributed by atoms with E-state index in [1.54, 1.807) is 4.57 Å². The van der Waals surface area contributed by atoms with Gasteiger partial charge in [-0.2, -0.15) is 0 Å². The number of carbonyl (C=O) groups is 1. The van der Waals surface area contributed by atoms with Gasteiger partial charge in [0.2, 0.25) is 11.5 Å². The summed E-state index contributed by atoms with van der Waals surface area (Å²) < 4.78 is 16.6. The molecule has 1 aliphatic rings. The molecule has 0 aromatic carbocycles. The summed E-state index contributed by atoms with van der Waals surface area (Å²) in [5.74, 6) is -2.65. The number of nitrogens with two attached hydrogens (primary N) is 1. The molecule has 10 heteroatoms. The minimum absolute atomic E-state index is 0.0180. The van der Waals surface area contributed by atoms with Gasteiger partial charge in [-0.3, -0.25) is 0 Å². The third-order valence-corrected chi connectivity index (χ3v) is 3.54. The van der Waals surface area contributed by atoms with E-state index in [0.29, 0.717) is 11.2 Å². The number of hydrogen-bond acceptors (Lipinski definition) is 9. The average Bonchev–Trinajstić information content (AvgIpc) is 3.04. The summed E-state index contributed by atoms with van der Waals surface area (Å²) in [7, 11) is 2.62. The number of aryl methyl sites for hydroxylation is 1. The number of esters is 1. The zero-order chi connectivity index (χ0) is 16.6. The minimum Gasteiger partial charge on any atom is -0.491 e. The molecule has 0 spiro atoms. The maximum absolute atomic E-state index is 11.7. The van der Waals surface area contributed by atoms with Crippen LogP contribution in [0.1, 0.15) is 6.42 Å². The number of ether oxygens (including phenoxy) is 3. The third-order valence-electron chi connectivity index (χ3n) is 3.54. The third kappa shape index (κ3) is 2.32. The fourth-order valence-corrected chi connectivity index (χ4v) is 2.44. The molecule has 10 nitrogen and oxygen atoms in total. The van der Waals surface area contributed by atoms with Gasteiger partial charge in [-0.25, -0.2) is 19.7 Å². The number of rotatable bonds is 5. The molecule has 122 valence electrons. The van der Waals surface area contributed by atoms with E-state index >= 15 is 0 Å². The number of imidazole rings is 1. The molecular weight excluding hydrogens is 306 g/mol. The molecule has 0 saturated carbocycles. The number of hydrogen-bond donors (Lipinski definition) is 2. The lowest BCUT2D eigenvalue weighted by Gasteiger charge is -2.23. The summed E-state index contributed by atoms with van der Waals surface area (Å²) in [6, 6.07) is 0. The molecule has 0 unspecified atom stereocenters. The number of aliphatic hydroxyl groups is 1. The second-order valence-corrected chi connectivity index (χ2v) is 4.86. The van der Waals surface area contributed by atoms with Crippen molar-refractivity contribution in [2.45, 2.75) is 18.8 Å². The Morgan fingerprint density at radius 2 is 2.13 bits per heavy atom. The van der Waals surface area contributed by atoms with Crippen molar-refractivity contribution in [1.82, 2.24) is 19.5 Å². The number of nitrogen functional groups attached to an aromatic ring is 1. The Balaban J connectivity index is 1.86. The predicted octanol–water partition coefficient (Wildman–Crippen LogP) is -0.452. The van der Waals surface area contributed by atoms with Gasteiger partial charge in [0, 0.05) is 13.0 Å². The molecule has 3 heterocycles. The summed E-state index contributed by atoms with van der Waals surface area (Å²) in [4.78, 5) is 23.8. The summed E-state index contributed by atoms with van der Waals surface area (Å²) in [6.45, 7) is 0.251. The SMILES string of the molecule is COC1=C(OC)[C@](O)(CCn2cnc3c(N)ncnc32)OC1=O. The molecule has 0 saturated heterocycles. The summed E-state index contributed by atoms with van der Waals surface area (Å²) in [5.41, 5.74) is 6.70. The lowest BCUT2D eigenvalue weighted by molar-refractivity contribution is -0.194. The number of carbonyl (C=O) groups excluding carboxylic acids is 1. The molecular formula is C13H15N5O5. The van der Waals surface area contributed by atoms with Gasteiger partial charge < -0.3 is 29.6 Å². The first-order valence-corrected chi connectivity index (χ1v) is 6.70. The first-order valence-electron chi connectivity index (χ1n) is 6.70. The molecule has 0 amide bonds. The smallest absolute Gasteiger partial charge is 0.380 e. The van der Waals surface area contributed by atoms with Gasteiger partial charge in [0.05, 0.1) is 20.5 Å². The highest BCUT2D eigenvalue weighted by atomic mass is 16.7. The Morgan fingerprint density at radius 3 is 2.83 bits per heavy atom. The van der Waals surface area contributed by atoms with E-state index < -0.39 is 11.8 Å². The summed E-state index contributed by atoms with van der Waals surface area (Å²) in [6.07, 6.45) is 2.86. The number of methoxy groups -OCH3 is 2. The second kappa shape index (κ2) is 5.39. The summed E-state index contributed by atoms with van der Waals surface area (Å²) in [5, 5.41) is 10.6. The van der Waals surface area contributed by atoms with Crippen molar-refractivity contribution in [3.8, 4) is 0 Å². The number of fused-ring (bicyclic) bond motifs is 1. The van der Waals surface area contributed by atoms with Gasteiger partial charge in [-0.15, -0.1) is 0 Å². The first kappa shape index (κ1) is 15.0. The van der Waals surface area contributed by atoms with Gasteiger partial charge in [-0.1, -0.05) is 0 Å². The number of cyclic esters (lactones) is 1. The Hall–Kier alpha value is -2.88. The molecule has 0 bridgehead atoms. The fraction of sp³-hybridized carbons (Fsp3) is 0.385. The van der Waals surface area contributed by atoms with Crippen molar-refractivity contribution in [1.29, 1.82) is 0 Å². The molecule has 1 atom stereocenters. The lowest BCUT2D eigenvalue weighted by atomic mass is 10.1. The quantitative estimate of drug-likeness (QED) is 0.702. The van der Waals surface area contributed by atoms with Crippen LogP contribution in [0.2, 0.25) is 0 Å². The van der Waals surface area contributed by atoms with Gasteiger partial charge in [0.1, 0.15) is 11.8 Å². The van der Waals surface area contributed by atoms with E-state index in [2.05, 4.69) is 15.0 Å². The van der Waals surface area contributed by atoms with E-state index in [1.807, 2.05) is 0 Å². The minimum atomic E-state index is -1.91. The van der Waals surface area contributed by atoms with Gasteiger partial charge >= 0.3 is 5.97 Å². The zero-order valence-corrected chi connectivity index (χ0v) is 12.5. The standard InChI is InChI=1S/C13H15N5O5/c1-21-8-9(22-2)13(20,23-12(8)19)3-4-18-6-17-7-10(14)15-5-16-11(7)18/h5-6,20H,3-4H2,1-2H3,(H2,14,15,16)/t13-/m0/s1. The Morgan fingerprint density at radius 1 is 1.35 bits per heavy atom. The van der Waals surface area contributed by atoms with Crippen molar-refractivity contribution in [2.75, 3.05) is 20.0 Å². The van der Waals surface area contributed by atoms with Crippen LogP contribution in [0.3, 0.4) is 0 Å². The number of nitrogens with zero attached hydrogens (tertiary/aromatic N) is 4. The number of anilines is 1. The lowest BCUT2D eigenvalue weighted by Crippen LogP contribution is -2.34. The van der Waals surface area contributed by atoms with Gasteiger partial charge in [-0.05, 0) is 0 Å². The largest absolute Gasteiger partial charge is 0.491 e. The van der Waals surface area contributed by atoms with Crippen LogP contribution in [-0.4, -0.2) is 50.6 Å². The molecule has 0 aliphatic carbocycles. The molecule has 2 aromatic rings. The van der Waals surface area contributed by atoms with Crippen LogP contribution in [0.5, 0.6) is 0 Å². The molecule has 2 aromatic heterocycles. The van der Waals surface area contributed by atoms with Crippen LogP contribution >= 0.6 is 0 Å². The summed E-state index contributed by atoms with van der Waals surface area (Å²) >= 11 is 0. The Kier molecular flexibility index (Phi) is 3.52. The first-order chi connectivity index (χ1) is 11.0. The topological polar surface area (TPSA) is 135 Å². The van der Waals surface area contributed by atoms with E-state index in [9.17, 15) is 9.90 Å². The average molecular weight is 321 g/mol. The van der Waals surface area contributed by atoms with Crippen LogP contribution in [-0.2, 0) is 25.5 Å². The molecule has 0 fully saturated rings. The molecule has 23 heavy (non-hydrogen) atoms. The van der Waals surface area contributed by atoms with Crippen LogP contribution in [0, 0.1) is 0 Å². The van der Waals surface area contributed by atoms with Gasteiger partial charge in [0.25, 0.3) is 5.79 Å². The van der Waals surface area contributed by atoms with Crippen LogP contribution < -0.4 is 5.73 Å². The molecule has 0 radical (unpaired) electrons. The normalized spacial score (nSPS) is 20.9. The second-order valence-electron chi connectivity index (χ2n) is 4.86. The Bertz CT molecular complexity index is 801. The highest BCUT2D eigenvalue weighted by molar-refractivity contribution is 5.90. The maximum Gasteiger partial charge on any atom is 0.380 e. The fourth-order valence-electron chi connectivity index (χ4n) is 2.44. The van der Waals surface area contributed by atoms with Gasteiger partial charge in [0.15, 0.2) is 11.5 Å². The van der Waals surface area contributed by atoms with Crippen LogP contribution in [0.15, 0.2) is 24.2 Å². The van der Waals surface area contributed by atoms with Crippen molar-refractivity contribution < 1.29 is 24.1 Å². The van der Waals surface area contributed by atoms with Crippen molar-refractivity contribution in [3.05, 3.63) is 24.2 Å². The van der Waals surface area contributed by atoms with Crippen molar-refractivity contribution in [3.63, 3.8) is 0 Å². The monoisotopic (exact) mass is 321 g/mol. The van der Waals surface area contributed by atoms with E-state index in [-0.39, 0.29) is 30.3 Å². The zero-order valence-electron chi connectivity index (χ0n) is 12.5. The molecule has 1 aliphatic heterocycles. The molecule has 3 N–H and O–H groups in total. The van der Waals surface area contributed by atoms with E-state index in [1.165, 1.54) is 26.9 Å². The number of aromatic nitrogens is 4. The van der Waals surface area contributed by atoms with E-state index in [4.69, 9.17) is 19.9 Å². The van der Waals surface area contributed by atoms with Crippen LogP contribution in [0.25, 0.3) is 11.2 Å². The molecule has 3 rings (SSSR count). The highest BCUT2D eigenvalue weighted by Crippen LogP contribution is 2.34. The highest BCUT2D eigenvalue weighted by Gasteiger charge is 2.49. The maximum atomic E-state index is 11.7. The van der Waals surface area contributed by atoms with Crippen molar-refractivity contribution in [2.24, 2.45) is 0 Å². The Labute approximate surface area is 130 Å². The van der Waals surface area contributed by atoms with Crippen molar-refractivity contribution >= 4 is 23.0 Å². The predicted molar refractivity (Wildman–Crippen MR) is 76.4 cm³/mol.